The first-order chi connectivity index (χ1) is 6.19. The molecule has 9 heteroatoms. The fourth-order valence-electron chi connectivity index (χ4n) is 0.603. The van der Waals surface area contributed by atoms with E-state index in [1.54, 1.807) is 0 Å². The molecule has 0 aromatic carbocycles. The maximum absolute atomic E-state index is 11.2. The van der Waals surface area contributed by atoms with Crippen molar-refractivity contribution in [1.29, 1.82) is 0 Å². The standard InChI is InChI=1S/C5H13NO6S2/c1-5(4-6)13(7,8)3-2-12-14(9,10)11/h5H,2-4,6H2,1H3,(H,9,10,11). The third-order valence-corrected chi connectivity index (χ3v) is 4.16. The lowest BCUT2D eigenvalue weighted by Gasteiger charge is -2.09. The van der Waals surface area contributed by atoms with E-state index >= 15 is 0 Å². The molecular weight excluding hydrogens is 234 g/mol. The number of rotatable bonds is 6. The molecule has 0 bridgehead atoms. The average molecular weight is 247 g/mol. The van der Waals surface area contributed by atoms with E-state index in [-0.39, 0.29) is 6.54 Å². The first-order valence-electron chi connectivity index (χ1n) is 3.72. The second-order valence-electron chi connectivity index (χ2n) is 2.66. The fraction of sp³-hybridized carbons (Fsp3) is 1.00. The molecule has 1 atom stereocenters. The Labute approximate surface area is 83.1 Å². The second-order valence-corrected chi connectivity index (χ2v) is 6.29. The molecule has 0 aliphatic heterocycles. The summed E-state index contributed by atoms with van der Waals surface area (Å²) in [6.45, 7) is 0.752. The monoisotopic (exact) mass is 247 g/mol. The maximum atomic E-state index is 11.2. The first kappa shape index (κ1) is 13.8. The molecule has 0 saturated carbocycles. The van der Waals surface area contributed by atoms with E-state index in [1.165, 1.54) is 6.92 Å². The van der Waals surface area contributed by atoms with Crippen molar-refractivity contribution in [1.82, 2.24) is 0 Å². The summed E-state index contributed by atoms with van der Waals surface area (Å²) in [6, 6.07) is 0. The van der Waals surface area contributed by atoms with Crippen molar-refractivity contribution in [2.45, 2.75) is 12.2 Å². The van der Waals surface area contributed by atoms with Crippen molar-refractivity contribution in [2.75, 3.05) is 18.9 Å². The van der Waals surface area contributed by atoms with Crippen LogP contribution in [0.5, 0.6) is 0 Å². The molecule has 0 heterocycles. The van der Waals surface area contributed by atoms with Gasteiger partial charge in [0.2, 0.25) is 0 Å². The molecule has 0 amide bonds. The largest absolute Gasteiger partial charge is 0.397 e. The summed E-state index contributed by atoms with van der Waals surface area (Å²) in [5.74, 6) is -0.495. The Morgan fingerprint density at radius 2 is 1.86 bits per heavy atom. The molecule has 7 nitrogen and oxygen atoms in total. The lowest BCUT2D eigenvalue weighted by Crippen LogP contribution is -2.30. The minimum absolute atomic E-state index is 0.0474. The molecule has 0 aliphatic carbocycles. The fourth-order valence-corrected chi connectivity index (χ4v) is 2.01. The van der Waals surface area contributed by atoms with E-state index in [4.69, 9.17) is 10.3 Å². The van der Waals surface area contributed by atoms with Gasteiger partial charge >= 0.3 is 10.4 Å². The Morgan fingerprint density at radius 3 is 2.21 bits per heavy atom. The van der Waals surface area contributed by atoms with Gasteiger partial charge < -0.3 is 5.73 Å². The summed E-state index contributed by atoms with van der Waals surface area (Å²) in [6.07, 6.45) is 0. The van der Waals surface area contributed by atoms with Gasteiger partial charge in [-0.3, -0.25) is 4.55 Å². The highest BCUT2D eigenvalue weighted by molar-refractivity contribution is 7.92. The second kappa shape index (κ2) is 5.03. The van der Waals surface area contributed by atoms with Crippen LogP contribution < -0.4 is 5.73 Å². The van der Waals surface area contributed by atoms with Gasteiger partial charge in [0, 0.05) is 6.54 Å². The summed E-state index contributed by atoms with van der Waals surface area (Å²) in [7, 11) is -8.03. The molecule has 0 saturated heterocycles. The normalized spacial score (nSPS) is 15.4. The first-order valence-corrected chi connectivity index (χ1v) is 6.80. The van der Waals surface area contributed by atoms with Crippen molar-refractivity contribution >= 4 is 20.2 Å². The zero-order valence-electron chi connectivity index (χ0n) is 7.58. The topological polar surface area (TPSA) is 124 Å². The highest BCUT2D eigenvalue weighted by atomic mass is 32.3. The smallest absolute Gasteiger partial charge is 0.329 e. The molecule has 0 spiro atoms. The molecule has 3 N–H and O–H groups in total. The lowest BCUT2D eigenvalue weighted by molar-refractivity contribution is 0.283. The van der Waals surface area contributed by atoms with Crippen LogP contribution in [0, 0.1) is 0 Å². The number of sulfone groups is 1. The number of hydrogen-bond donors (Lipinski definition) is 2. The van der Waals surface area contributed by atoms with Crippen LogP contribution in [0.25, 0.3) is 0 Å². The van der Waals surface area contributed by atoms with E-state index in [0.717, 1.165) is 0 Å². The van der Waals surface area contributed by atoms with Crippen molar-refractivity contribution < 1.29 is 25.6 Å². The molecule has 0 rings (SSSR count). The van der Waals surface area contributed by atoms with Gasteiger partial charge in [0.1, 0.15) is 0 Å². The molecular formula is C5H13NO6S2. The highest BCUT2D eigenvalue weighted by Crippen LogP contribution is 2.00. The van der Waals surface area contributed by atoms with Crippen LogP contribution >= 0.6 is 0 Å². The summed E-state index contributed by atoms with van der Waals surface area (Å²) >= 11 is 0. The van der Waals surface area contributed by atoms with Crippen LogP contribution in [0.2, 0.25) is 0 Å². The van der Waals surface area contributed by atoms with E-state index in [1.807, 2.05) is 0 Å². The van der Waals surface area contributed by atoms with Crippen molar-refractivity contribution in [2.24, 2.45) is 5.73 Å². The van der Waals surface area contributed by atoms with E-state index < -0.39 is 37.8 Å². The number of hydrogen-bond acceptors (Lipinski definition) is 6. The summed E-state index contributed by atoms with van der Waals surface area (Å²) in [5.41, 5.74) is 5.13. The van der Waals surface area contributed by atoms with Crippen molar-refractivity contribution in [3.8, 4) is 0 Å². The third-order valence-electron chi connectivity index (χ3n) is 1.55. The Bertz CT molecular complexity index is 358. The third kappa shape index (κ3) is 5.50. The van der Waals surface area contributed by atoms with Crippen molar-refractivity contribution in [3.05, 3.63) is 0 Å². The van der Waals surface area contributed by atoms with Crippen LogP contribution in [0.15, 0.2) is 0 Å². The van der Waals surface area contributed by atoms with Gasteiger partial charge in [-0.05, 0) is 6.92 Å². The highest BCUT2D eigenvalue weighted by Gasteiger charge is 2.20. The molecule has 0 fully saturated rings. The van der Waals surface area contributed by atoms with Crippen LogP contribution in [0.3, 0.4) is 0 Å². The summed E-state index contributed by atoms with van der Waals surface area (Å²) in [5, 5.41) is -0.757. The van der Waals surface area contributed by atoms with Gasteiger partial charge in [-0.15, -0.1) is 0 Å². The summed E-state index contributed by atoms with van der Waals surface area (Å²) < 4.78 is 54.6. The van der Waals surface area contributed by atoms with Gasteiger partial charge in [-0.25, -0.2) is 12.6 Å². The summed E-state index contributed by atoms with van der Waals surface area (Å²) in [4.78, 5) is 0. The van der Waals surface area contributed by atoms with Gasteiger partial charge in [-0.2, -0.15) is 8.42 Å². The Hall–Kier alpha value is -0.220. The van der Waals surface area contributed by atoms with Gasteiger partial charge in [0.25, 0.3) is 0 Å². The molecule has 0 aromatic heterocycles. The molecule has 86 valence electrons. The maximum Gasteiger partial charge on any atom is 0.397 e. The molecule has 0 radical (unpaired) electrons. The Balaban J connectivity index is 4.15. The van der Waals surface area contributed by atoms with Gasteiger partial charge in [0.15, 0.2) is 9.84 Å². The molecule has 1 unspecified atom stereocenters. The van der Waals surface area contributed by atoms with Crippen LogP contribution in [0.4, 0.5) is 0 Å². The Morgan fingerprint density at radius 1 is 1.36 bits per heavy atom. The average Bonchev–Trinajstić information content (AvgIpc) is 2.00. The van der Waals surface area contributed by atoms with Crippen LogP contribution in [-0.2, 0) is 24.4 Å². The predicted octanol–water partition coefficient (Wildman–Crippen LogP) is -1.43. The SMILES string of the molecule is CC(CN)S(=O)(=O)CCOS(=O)(=O)O. The minimum Gasteiger partial charge on any atom is -0.329 e. The molecule has 14 heavy (non-hydrogen) atoms. The number of nitrogens with two attached hydrogens (primary N) is 1. The zero-order chi connectivity index (χ0) is 11.4. The van der Waals surface area contributed by atoms with E-state index in [9.17, 15) is 16.8 Å². The Kier molecular flexibility index (Phi) is 4.95. The minimum atomic E-state index is -4.57. The van der Waals surface area contributed by atoms with Crippen LogP contribution in [-0.4, -0.2) is 45.5 Å². The van der Waals surface area contributed by atoms with E-state index in [2.05, 4.69) is 4.18 Å². The molecule has 0 aromatic rings. The quantitative estimate of drug-likeness (QED) is 0.551. The molecule has 0 aliphatic rings. The van der Waals surface area contributed by atoms with E-state index in [0.29, 0.717) is 0 Å². The lowest BCUT2D eigenvalue weighted by atomic mass is 10.5. The zero-order valence-corrected chi connectivity index (χ0v) is 9.21. The predicted molar refractivity (Wildman–Crippen MR) is 49.8 cm³/mol. The van der Waals surface area contributed by atoms with Gasteiger partial charge in [-0.1, -0.05) is 0 Å². The van der Waals surface area contributed by atoms with Crippen LogP contribution in [0.1, 0.15) is 6.92 Å². The van der Waals surface area contributed by atoms with Crippen molar-refractivity contribution in [3.63, 3.8) is 0 Å². The van der Waals surface area contributed by atoms with Gasteiger partial charge in [0.05, 0.1) is 17.6 Å².